The van der Waals surface area contributed by atoms with Crippen molar-refractivity contribution in [3.63, 3.8) is 0 Å². The van der Waals surface area contributed by atoms with E-state index in [9.17, 15) is 14.7 Å². The summed E-state index contributed by atoms with van der Waals surface area (Å²) in [6.45, 7) is 10.6. The van der Waals surface area contributed by atoms with Crippen molar-refractivity contribution in [2.24, 2.45) is 7.05 Å². The van der Waals surface area contributed by atoms with Gasteiger partial charge in [-0.1, -0.05) is 39.0 Å². The van der Waals surface area contributed by atoms with Crippen LogP contribution in [0.3, 0.4) is 0 Å². The Morgan fingerprint density at radius 1 is 1.37 bits per heavy atom. The maximum absolute atomic E-state index is 12.6. The van der Waals surface area contributed by atoms with Gasteiger partial charge in [-0.25, -0.2) is 4.98 Å². The van der Waals surface area contributed by atoms with Gasteiger partial charge in [0.15, 0.2) is 0 Å². The van der Waals surface area contributed by atoms with E-state index in [0.29, 0.717) is 41.6 Å². The molecule has 0 saturated carbocycles. The van der Waals surface area contributed by atoms with Gasteiger partial charge in [0, 0.05) is 37.1 Å². The predicted octanol–water partition coefficient (Wildman–Crippen LogP) is 2.79. The molecule has 0 atom stereocenters. The summed E-state index contributed by atoms with van der Waals surface area (Å²) >= 11 is 6.31. The number of imidazole rings is 1. The molecular weight excluding hydrogens is 404 g/mol. The Kier molecular flexibility index (Phi) is 5.94. The molecule has 2 amide bonds. The van der Waals surface area contributed by atoms with Gasteiger partial charge in [0.1, 0.15) is 17.3 Å². The number of likely N-dealkylation sites (tertiary alicyclic amines) is 1. The molecule has 160 valence electrons. The molecule has 0 aliphatic carbocycles. The van der Waals surface area contributed by atoms with E-state index in [-0.39, 0.29) is 29.0 Å². The second kappa shape index (κ2) is 8.14. The molecule has 1 aromatic heterocycles. The standard InChI is InChI=1S/C22H27ClN4O3/c1-6-20(29)27-11-14(12-27)25-21(30)17-10-24-19(26(17)5)8-13-7-15(22(2,3)4)16(23)9-18(13)28/h6-7,9-10,14,28H,1,8,11-12H2,2-5H3,(H,25,30). The highest BCUT2D eigenvalue weighted by atomic mass is 35.5. The monoisotopic (exact) mass is 430 g/mol. The van der Waals surface area contributed by atoms with Crippen LogP contribution in [0.5, 0.6) is 5.75 Å². The summed E-state index contributed by atoms with van der Waals surface area (Å²) in [6, 6.07) is 3.36. The molecule has 2 heterocycles. The summed E-state index contributed by atoms with van der Waals surface area (Å²) in [5.74, 6) is 0.363. The number of hydrogen-bond acceptors (Lipinski definition) is 4. The maximum Gasteiger partial charge on any atom is 0.269 e. The molecule has 7 nitrogen and oxygen atoms in total. The normalized spacial score (nSPS) is 14.4. The Labute approximate surface area is 181 Å². The molecule has 3 rings (SSSR count). The third-order valence-electron chi connectivity index (χ3n) is 5.34. The van der Waals surface area contributed by atoms with Crippen molar-refractivity contribution < 1.29 is 14.7 Å². The number of aromatic nitrogens is 2. The molecule has 0 radical (unpaired) electrons. The zero-order valence-corrected chi connectivity index (χ0v) is 18.5. The number of carbonyl (C=O) groups is 2. The molecule has 1 aliphatic rings. The molecule has 30 heavy (non-hydrogen) atoms. The number of phenols is 1. The van der Waals surface area contributed by atoms with Crippen LogP contribution in [0.1, 0.15) is 48.2 Å². The van der Waals surface area contributed by atoms with Crippen LogP contribution < -0.4 is 5.32 Å². The van der Waals surface area contributed by atoms with Gasteiger partial charge in [-0.15, -0.1) is 0 Å². The van der Waals surface area contributed by atoms with Crippen LogP contribution in [0, 0.1) is 0 Å². The van der Waals surface area contributed by atoms with Gasteiger partial charge in [-0.3, -0.25) is 9.59 Å². The first-order valence-corrected chi connectivity index (χ1v) is 10.1. The smallest absolute Gasteiger partial charge is 0.269 e. The van der Waals surface area contributed by atoms with Gasteiger partial charge in [0.05, 0.1) is 12.2 Å². The van der Waals surface area contributed by atoms with Crippen molar-refractivity contribution in [3.05, 3.63) is 58.7 Å². The summed E-state index contributed by atoms with van der Waals surface area (Å²) in [6.07, 6.45) is 3.15. The highest BCUT2D eigenvalue weighted by Crippen LogP contribution is 2.35. The van der Waals surface area contributed by atoms with E-state index in [1.807, 2.05) is 6.07 Å². The number of halogens is 1. The van der Waals surface area contributed by atoms with Crippen LogP contribution in [0.25, 0.3) is 0 Å². The number of aromatic hydroxyl groups is 1. The number of nitrogens with one attached hydrogen (secondary N) is 1. The number of phenolic OH excluding ortho intramolecular Hbond substituents is 1. The lowest BCUT2D eigenvalue weighted by molar-refractivity contribution is -0.130. The molecule has 2 aromatic rings. The van der Waals surface area contributed by atoms with E-state index in [2.05, 4.69) is 37.7 Å². The Hall–Kier alpha value is -2.80. The van der Waals surface area contributed by atoms with Crippen LogP contribution in [-0.4, -0.2) is 50.5 Å². The summed E-state index contributed by atoms with van der Waals surface area (Å²) in [7, 11) is 1.77. The van der Waals surface area contributed by atoms with Crippen molar-refractivity contribution in [1.29, 1.82) is 0 Å². The third-order valence-corrected chi connectivity index (χ3v) is 5.66. The van der Waals surface area contributed by atoms with Crippen molar-refractivity contribution in [2.45, 2.75) is 38.6 Å². The highest BCUT2D eigenvalue weighted by molar-refractivity contribution is 6.31. The fourth-order valence-electron chi connectivity index (χ4n) is 3.46. The Balaban J connectivity index is 1.73. The van der Waals surface area contributed by atoms with Crippen molar-refractivity contribution in [3.8, 4) is 5.75 Å². The molecule has 2 N–H and O–H groups in total. The van der Waals surface area contributed by atoms with Crippen LogP contribution in [0.4, 0.5) is 0 Å². The van der Waals surface area contributed by atoms with E-state index in [1.165, 1.54) is 12.3 Å². The van der Waals surface area contributed by atoms with Crippen LogP contribution in [0.15, 0.2) is 31.0 Å². The fraction of sp³-hybridized carbons (Fsp3) is 0.409. The van der Waals surface area contributed by atoms with Gasteiger partial charge in [0.25, 0.3) is 5.91 Å². The first-order valence-electron chi connectivity index (χ1n) is 9.76. The third kappa shape index (κ3) is 4.36. The molecular formula is C22H27ClN4O3. The first kappa shape index (κ1) is 21.9. The average molecular weight is 431 g/mol. The van der Waals surface area contributed by atoms with Crippen LogP contribution >= 0.6 is 11.6 Å². The van der Waals surface area contributed by atoms with Gasteiger partial charge in [-0.2, -0.15) is 0 Å². The van der Waals surface area contributed by atoms with E-state index < -0.39 is 0 Å². The lowest BCUT2D eigenvalue weighted by atomic mass is 9.85. The number of rotatable bonds is 5. The summed E-state index contributed by atoms with van der Waals surface area (Å²) in [5.41, 5.74) is 1.88. The molecule has 1 aromatic carbocycles. The van der Waals surface area contributed by atoms with Gasteiger partial charge < -0.3 is 19.9 Å². The minimum Gasteiger partial charge on any atom is -0.508 e. The molecule has 0 bridgehead atoms. The SMILES string of the molecule is C=CC(=O)N1CC(NC(=O)c2cnc(Cc3cc(C(C)(C)C)c(Cl)cc3O)n2C)C1. The summed E-state index contributed by atoms with van der Waals surface area (Å²) < 4.78 is 1.71. The van der Waals surface area contributed by atoms with Crippen LogP contribution in [-0.2, 0) is 23.7 Å². The van der Waals surface area contributed by atoms with Crippen LogP contribution in [0.2, 0.25) is 5.02 Å². The lowest BCUT2D eigenvalue weighted by Gasteiger charge is -2.38. The van der Waals surface area contributed by atoms with E-state index in [0.717, 1.165) is 5.56 Å². The number of benzene rings is 1. The van der Waals surface area contributed by atoms with Crippen molar-refractivity contribution in [2.75, 3.05) is 13.1 Å². The number of amides is 2. The van der Waals surface area contributed by atoms with E-state index in [4.69, 9.17) is 11.6 Å². The Bertz CT molecular complexity index is 1000. The van der Waals surface area contributed by atoms with Gasteiger partial charge >= 0.3 is 0 Å². The Morgan fingerprint density at radius 3 is 2.63 bits per heavy atom. The first-order chi connectivity index (χ1) is 14.0. The van der Waals surface area contributed by atoms with Crippen molar-refractivity contribution in [1.82, 2.24) is 19.8 Å². The molecule has 1 fully saturated rings. The molecule has 0 unspecified atom stereocenters. The molecule has 8 heteroatoms. The summed E-state index contributed by atoms with van der Waals surface area (Å²) in [4.78, 5) is 30.1. The molecule has 1 aliphatic heterocycles. The highest BCUT2D eigenvalue weighted by Gasteiger charge is 2.31. The second-order valence-corrected chi connectivity index (χ2v) is 9.03. The van der Waals surface area contributed by atoms with Gasteiger partial charge in [-0.05, 0) is 29.2 Å². The number of nitrogens with zero attached hydrogens (tertiary/aromatic N) is 3. The van der Waals surface area contributed by atoms with Gasteiger partial charge in [0.2, 0.25) is 5.91 Å². The average Bonchev–Trinajstić information content (AvgIpc) is 2.98. The molecule has 1 saturated heterocycles. The topological polar surface area (TPSA) is 87.5 Å². The largest absolute Gasteiger partial charge is 0.508 e. The number of carbonyl (C=O) groups excluding carboxylic acids is 2. The second-order valence-electron chi connectivity index (χ2n) is 8.62. The van der Waals surface area contributed by atoms with E-state index >= 15 is 0 Å². The van der Waals surface area contributed by atoms with Crippen molar-refractivity contribution >= 4 is 23.4 Å². The lowest BCUT2D eigenvalue weighted by Crippen LogP contribution is -2.60. The minimum absolute atomic E-state index is 0.0885. The predicted molar refractivity (Wildman–Crippen MR) is 116 cm³/mol. The Morgan fingerprint density at radius 2 is 2.03 bits per heavy atom. The minimum atomic E-state index is -0.248. The van der Waals surface area contributed by atoms with E-state index in [1.54, 1.807) is 22.6 Å². The molecule has 0 spiro atoms. The zero-order chi connectivity index (χ0) is 22.2. The quantitative estimate of drug-likeness (QED) is 0.714. The fourth-order valence-corrected chi connectivity index (χ4v) is 3.90. The number of hydrogen-bond donors (Lipinski definition) is 2. The maximum atomic E-state index is 12.6. The summed E-state index contributed by atoms with van der Waals surface area (Å²) in [5, 5.41) is 13.8. The zero-order valence-electron chi connectivity index (χ0n) is 17.7.